The van der Waals surface area contributed by atoms with E-state index in [1.165, 1.54) is 19.3 Å². The molecule has 1 aliphatic carbocycles. The van der Waals surface area contributed by atoms with Crippen molar-refractivity contribution in [2.24, 2.45) is 0 Å². The van der Waals surface area contributed by atoms with Crippen LogP contribution in [0.5, 0.6) is 0 Å². The van der Waals surface area contributed by atoms with Gasteiger partial charge in [0.2, 0.25) is 5.95 Å². The fraction of sp³-hybridized carbons (Fsp3) is 0.478. The Kier molecular flexibility index (Phi) is 6.08. The molecule has 0 unspecified atom stereocenters. The summed E-state index contributed by atoms with van der Waals surface area (Å²) >= 11 is 6.52. The lowest BCUT2D eigenvalue weighted by Crippen LogP contribution is -2.61. The van der Waals surface area contributed by atoms with Gasteiger partial charge in [-0.25, -0.2) is 15.0 Å². The van der Waals surface area contributed by atoms with E-state index in [1.807, 2.05) is 0 Å². The number of carbonyl (C=O) groups excluding carboxylic acids is 1. The first kappa shape index (κ1) is 21.3. The number of carbonyl (C=O) groups is 1. The van der Waals surface area contributed by atoms with Gasteiger partial charge >= 0.3 is 0 Å². The molecule has 168 valence electrons. The summed E-state index contributed by atoms with van der Waals surface area (Å²) in [5.74, 6) is 0.315. The van der Waals surface area contributed by atoms with E-state index in [-0.39, 0.29) is 11.4 Å². The highest BCUT2D eigenvalue weighted by Gasteiger charge is 2.38. The van der Waals surface area contributed by atoms with Crippen molar-refractivity contribution in [1.29, 1.82) is 0 Å². The van der Waals surface area contributed by atoms with Crippen LogP contribution in [0.3, 0.4) is 0 Å². The monoisotopic (exact) mass is 453 g/mol. The number of nitrogens with zero attached hydrogens (tertiary/aromatic N) is 5. The van der Waals surface area contributed by atoms with Crippen LogP contribution in [0.25, 0.3) is 17.0 Å². The highest BCUT2D eigenvalue weighted by molar-refractivity contribution is 6.36. The fourth-order valence-corrected chi connectivity index (χ4v) is 5.39. The molecule has 1 amide bonds. The molecule has 5 rings (SSSR count). The second-order valence-corrected chi connectivity index (χ2v) is 9.06. The smallest absolute Gasteiger partial charge is 0.253 e. The van der Waals surface area contributed by atoms with Crippen LogP contribution < -0.4 is 10.6 Å². The molecule has 3 aromatic rings. The van der Waals surface area contributed by atoms with Crippen molar-refractivity contribution in [2.45, 2.75) is 37.6 Å². The quantitative estimate of drug-likeness (QED) is 0.617. The molecule has 1 saturated heterocycles. The maximum Gasteiger partial charge on any atom is 0.253 e. The molecule has 1 aliphatic heterocycles. The van der Waals surface area contributed by atoms with Gasteiger partial charge in [-0.2, -0.15) is 0 Å². The molecule has 32 heavy (non-hydrogen) atoms. The summed E-state index contributed by atoms with van der Waals surface area (Å²) in [6.07, 6.45) is 12.6. The van der Waals surface area contributed by atoms with Crippen LogP contribution in [-0.2, 0) is 0 Å². The maximum absolute atomic E-state index is 13.4. The Balaban J connectivity index is 1.44. The normalized spacial score (nSPS) is 19.2. The summed E-state index contributed by atoms with van der Waals surface area (Å²) < 4.78 is 1.73. The molecular weight excluding hydrogens is 426 g/mol. The highest BCUT2D eigenvalue weighted by Crippen LogP contribution is 2.34. The average molecular weight is 454 g/mol. The SMILES string of the molecule is O=C(NCC1(N2CCNCC2)CCCCC1)c1cn(-c2ncccn2)c2nccc(Cl)c12. The first-order valence-corrected chi connectivity index (χ1v) is 11.7. The first-order valence-electron chi connectivity index (χ1n) is 11.3. The fourth-order valence-electron chi connectivity index (χ4n) is 5.15. The zero-order chi connectivity index (χ0) is 22.0. The van der Waals surface area contributed by atoms with E-state index in [2.05, 4.69) is 30.5 Å². The summed E-state index contributed by atoms with van der Waals surface area (Å²) in [6.45, 7) is 4.69. The zero-order valence-corrected chi connectivity index (χ0v) is 18.8. The van der Waals surface area contributed by atoms with Gasteiger partial charge in [-0.1, -0.05) is 30.9 Å². The number of rotatable bonds is 5. The second-order valence-electron chi connectivity index (χ2n) is 8.66. The Morgan fingerprint density at radius 1 is 1.09 bits per heavy atom. The van der Waals surface area contributed by atoms with Gasteiger partial charge in [-0.3, -0.25) is 14.3 Å². The highest BCUT2D eigenvalue weighted by atomic mass is 35.5. The van der Waals surface area contributed by atoms with Crippen molar-refractivity contribution in [3.05, 3.63) is 47.5 Å². The number of fused-ring (bicyclic) bond motifs is 1. The number of amides is 1. The van der Waals surface area contributed by atoms with E-state index in [1.54, 1.807) is 41.5 Å². The number of halogens is 1. The molecule has 2 N–H and O–H groups in total. The van der Waals surface area contributed by atoms with Gasteiger partial charge in [0.05, 0.1) is 16.0 Å². The van der Waals surface area contributed by atoms with Gasteiger partial charge in [0.1, 0.15) is 5.65 Å². The largest absolute Gasteiger partial charge is 0.350 e. The zero-order valence-electron chi connectivity index (χ0n) is 18.1. The number of nitrogens with one attached hydrogen (secondary N) is 2. The van der Waals surface area contributed by atoms with Crippen LogP contribution in [0, 0.1) is 0 Å². The van der Waals surface area contributed by atoms with E-state index >= 15 is 0 Å². The van der Waals surface area contributed by atoms with E-state index in [9.17, 15) is 4.79 Å². The summed E-state index contributed by atoms with van der Waals surface area (Å²) in [5, 5.41) is 7.80. The lowest BCUT2D eigenvalue weighted by atomic mass is 9.79. The summed E-state index contributed by atoms with van der Waals surface area (Å²) in [7, 11) is 0. The van der Waals surface area contributed by atoms with Gasteiger partial charge in [0.25, 0.3) is 5.91 Å². The number of hydrogen-bond acceptors (Lipinski definition) is 6. The molecule has 0 spiro atoms. The van der Waals surface area contributed by atoms with Crippen LogP contribution >= 0.6 is 11.6 Å². The molecule has 0 aromatic carbocycles. The van der Waals surface area contributed by atoms with Crippen LogP contribution in [0.2, 0.25) is 5.02 Å². The van der Waals surface area contributed by atoms with Crippen molar-refractivity contribution in [2.75, 3.05) is 32.7 Å². The summed E-state index contributed by atoms with van der Waals surface area (Å²) in [4.78, 5) is 29.1. The Hall–Kier alpha value is -2.55. The third kappa shape index (κ3) is 3.98. The lowest BCUT2D eigenvalue weighted by molar-refractivity contribution is 0.0379. The van der Waals surface area contributed by atoms with Crippen molar-refractivity contribution in [3.63, 3.8) is 0 Å². The number of piperazine rings is 1. The minimum Gasteiger partial charge on any atom is -0.350 e. The van der Waals surface area contributed by atoms with Gasteiger partial charge < -0.3 is 10.6 Å². The van der Waals surface area contributed by atoms with Gasteiger partial charge in [-0.05, 0) is 25.0 Å². The number of aromatic nitrogens is 4. The Labute approximate surface area is 192 Å². The molecule has 2 fully saturated rings. The molecule has 1 saturated carbocycles. The minimum atomic E-state index is -0.139. The molecule has 0 atom stereocenters. The summed E-state index contributed by atoms with van der Waals surface area (Å²) in [6, 6.07) is 3.46. The molecule has 2 aliphatic rings. The Bertz CT molecular complexity index is 1090. The topological polar surface area (TPSA) is 88.0 Å². The second kappa shape index (κ2) is 9.13. The molecule has 0 bridgehead atoms. The predicted octanol–water partition coefficient (Wildman–Crippen LogP) is 2.81. The van der Waals surface area contributed by atoms with Crippen molar-refractivity contribution in [1.82, 2.24) is 35.1 Å². The molecule has 8 nitrogen and oxygen atoms in total. The standard InChI is InChI=1S/C23H28ClN7O/c24-18-5-10-26-20-19(18)17(15-31(20)22-27-8-4-9-28-22)21(32)29-16-23(6-2-1-3-7-23)30-13-11-25-12-14-30/h4-5,8-10,15,25H,1-3,6-7,11-14,16H2,(H,29,32). The molecular formula is C23H28ClN7O. The van der Waals surface area contributed by atoms with E-state index < -0.39 is 0 Å². The van der Waals surface area contributed by atoms with Crippen LogP contribution in [0.15, 0.2) is 36.9 Å². The third-order valence-corrected chi connectivity index (χ3v) is 7.11. The van der Waals surface area contributed by atoms with Gasteiger partial charge in [-0.15, -0.1) is 0 Å². The average Bonchev–Trinajstić information content (AvgIpc) is 3.25. The Morgan fingerprint density at radius 2 is 1.84 bits per heavy atom. The summed E-state index contributed by atoms with van der Waals surface area (Å²) in [5.41, 5.74) is 1.10. The number of hydrogen-bond donors (Lipinski definition) is 2. The third-order valence-electron chi connectivity index (χ3n) is 6.80. The number of pyridine rings is 1. The van der Waals surface area contributed by atoms with Crippen molar-refractivity contribution in [3.8, 4) is 5.95 Å². The van der Waals surface area contributed by atoms with Crippen LogP contribution in [0.1, 0.15) is 42.5 Å². The van der Waals surface area contributed by atoms with Crippen molar-refractivity contribution >= 4 is 28.5 Å². The molecule has 0 radical (unpaired) electrons. The van der Waals surface area contributed by atoms with E-state index in [4.69, 9.17) is 11.6 Å². The van der Waals surface area contributed by atoms with E-state index in [0.29, 0.717) is 34.1 Å². The van der Waals surface area contributed by atoms with Gasteiger partial charge in [0.15, 0.2) is 0 Å². The maximum atomic E-state index is 13.4. The Morgan fingerprint density at radius 3 is 2.59 bits per heavy atom. The van der Waals surface area contributed by atoms with Gasteiger partial charge in [0, 0.05) is 63.1 Å². The predicted molar refractivity (Wildman–Crippen MR) is 124 cm³/mol. The van der Waals surface area contributed by atoms with Crippen LogP contribution in [-0.4, -0.2) is 68.6 Å². The van der Waals surface area contributed by atoms with Crippen LogP contribution in [0.4, 0.5) is 0 Å². The van der Waals surface area contributed by atoms with Crippen molar-refractivity contribution < 1.29 is 4.79 Å². The molecule has 4 heterocycles. The molecule has 3 aromatic heterocycles. The minimum absolute atomic E-state index is 0.0268. The first-order chi connectivity index (χ1) is 15.7. The van der Waals surface area contributed by atoms with E-state index in [0.717, 1.165) is 39.0 Å². The lowest BCUT2D eigenvalue weighted by Gasteiger charge is -2.48. The molecule has 9 heteroatoms.